The minimum Gasteiger partial charge on any atom is -0.260 e. The molecule has 1 aliphatic heterocycles. The number of fused-ring (bicyclic) bond motifs is 2. The van der Waals surface area contributed by atoms with E-state index in [2.05, 4.69) is 4.98 Å². The van der Waals surface area contributed by atoms with Crippen molar-refractivity contribution in [1.29, 1.82) is 0 Å². The van der Waals surface area contributed by atoms with Gasteiger partial charge in [-0.05, 0) is 23.8 Å². The van der Waals surface area contributed by atoms with Crippen molar-refractivity contribution < 1.29 is 4.21 Å². The highest BCUT2D eigenvalue weighted by atomic mass is 32.2. The lowest BCUT2D eigenvalue weighted by atomic mass is 10.1. The zero-order valence-electron chi connectivity index (χ0n) is 8.01. The monoisotopic (exact) mass is 215 g/mol. The summed E-state index contributed by atoms with van der Waals surface area (Å²) < 4.78 is 12.2. The average molecular weight is 215 g/mol. The van der Waals surface area contributed by atoms with Gasteiger partial charge in [-0.25, -0.2) is 4.21 Å². The maximum absolute atomic E-state index is 12.2. The molecule has 0 bridgehead atoms. The molecule has 2 heterocycles. The van der Waals surface area contributed by atoms with Gasteiger partial charge in [-0.2, -0.15) is 0 Å². The summed E-state index contributed by atoms with van der Waals surface area (Å²) in [5.74, 6) is 0. The first-order chi connectivity index (χ1) is 7.36. The second-order valence-corrected chi connectivity index (χ2v) is 4.92. The predicted molar refractivity (Wildman–Crippen MR) is 58.2 cm³/mol. The van der Waals surface area contributed by atoms with Gasteiger partial charge in [0.25, 0.3) is 0 Å². The molecule has 2 aromatic rings. The summed E-state index contributed by atoms with van der Waals surface area (Å²) in [6.45, 7) is 0. The van der Waals surface area contributed by atoms with Crippen molar-refractivity contribution in [2.45, 2.75) is 16.2 Å². The van der Waals surface area contributed by atoms with Gasteiger partial charge in [0.1, 0.15) is 0 Å². The molecular formula is C12H9NOS. The van der Waals surface area contributed by atoms with Crippen LogP contribution in [-0.4, -0.2) is 9.19 Å². The molecule has 74 valence electrons. The fourth-order valence-electron chi connectivity index (χ4n) is 1.85. The lowest BCUT2D eigenvalue weighted by molar-refractivity contribution is 0.678. The zero-order valence-corrected chi connectivity index (χ0v) is 8.83. The summed E-state index contributed by atoms with van der Waals surface area (Å²) in [5, 5.41) is 0. The van der Waals surface area contributed by atoms with Gasteiger partial charge >= 0.3 is 0 Å². The Morgan fingerprint density at radius 2 is 1.87 bits per heavy atom. The van der Waals surface area contributed by atoms with E-state index >= 15 is 0 Å². The summed E-state index contributed by atoms with van der Waals surface area (Å²) in [4.78, 5) is 6.06. The fraction of sp³-hybridized carbons (Fsp3) is 0.0833. The number of rotatable bonds is 0. The third-order valence-corrected chi connectivity index (χ3v) is 4.15. The third-order valence-electron chi connectivity index (χ3n) is 2.58. The molecule has 2 nitrogen and oxygen atoms in total. The van der Waals surface area contributed by atoms with Crippen LogP contribution in [0.3, 0.4) is 0 Å². The minimum absolute atomic E-state index is 0.790. The van der Waals surface area contributed by atoms with Crippen LogP contribution in [0.15, 0.2) is 52.4 Å². The van der Waals surface area contributed by atoms with Gasteiger partial charge < -0.3 is 0 Å². The van der Waals surface area contributed by atoms with E-state index in [1.54, 1.807) is 6.20 Å². The van der Waals surface area contributed by atoms with Gasteiger partial charge in [0.05, 0.1) is 21.4 Å². The Bertz CT molecular complexity index is 503. The second kappa shape index (κ2) is 3.28. The molecule has 3 heteroatoms. The topological polar surface area (TPSA) is 30.0 Å². The van der Waals surface area contributed by atoms with E-state index in [1.807, 2.05) is 36.4 Å². The molecule has 0 spiro atoms. The van der Waals surface area contributed by atoms with Crippen LogP contribution in [0.25, 0.3) is 0 Å². The number of pyridine rings is 1. The van der Waals surface area contributed by atoms with Crippen LogP contribution in [0, 0.1) is 0 Å². The number of aromatic nitrogens is 1. The standard InChI is InChI=1S/C12H9NOS/c14-15-11-5-2-1-4-9(11)8-10-12(15)6-3-7-13-10/h1-7H,8H2. The van der Waals surface area contributed by atoms with Crippen LogP contribution >= 0.6 is 0 Å². The molecule has 0 saturated carbocycles. The minimum atomic E-state index is -1.05. The predicted octanol–water partition coefficient (Wildman–Crippen LogP) is 2.15. The average Bonchev–Trinajstić information content (AvgIpc) is 2.30. The van der Waals surface area contributed by atoms with E-state index in [9.17, 15) is 4.21 Å². The number of benzene rings is 1. The van der Waals surface area contributed by atoms with Crippen molar-refractivity contribution in [1.82, 2.24) is 4.98 Å². The Labute approximate surface area is 90.4 Å². The molecule has 0 fully saturated rings. The van der Waals surface area contributed by atoms with Crippen molar-refractivity contribution in [2.24, 2.45) is 0 Å². The second-order valence-electron chi connectivity index (χ2n) is 3.50. The van der Waals surface area contributed by atoms with Crippen LogP contribution in [-0.2, 0) is 17.2 Å². The first kappa shape index (κ1) is 8.80. The lowest BCUT2D eigenvalue weighted by Gasteiger charge is -2.17. The maximum Gasteiger partial charge on any atom is 0.0871 e. The summed E-state index contributed by atoms with van der Waals surface area (Å²) in [7, 11) is -1.05. The molecule has 0 saturated heterocycles. The normalized spacial score (nSPS) is 18.0. The van der Waals surface area contributed by atoms with E-state index in [1.165, 1.54) is 0 Å². The van der Waals surface area contributed by atoms with Crippen LogP contribution < -0.4 is 0 Å². The van der Waals surface area contributed by atoms with Gasteiger partial charge in [-0.3, -0.25) is 4.98 Å². The molecule has 1 aromatic heterocycles. The zero-order chi connectivity index (χ0) is 10.3. The summed E-state index contributed by atoms with van der Waals surface area (Å²) >= 11 is 0. The molecule has 0 N–H and O–H groups in total. The van der Waals surface area contributed by atoms with Gasteiger partial charge in [0.2, 0.25) is 0 Å². The molecule has 1 unspecified atom stereocenters. The molecule has 0 radical (unpaired) electrons. The van der Waals surface area contributed by atoms with E-state index in [4.69, 9.17) is 0 Å². The lowest BCUT2D eigenvalue weighted by Crippen LogP contribution is -2.10. The van der Waals surface area contributed by atoms with Crippen molar-refractivity contribution in [3.63, 3.8) is 0 Å². The quantitative estimate of drug-likeness (QED) is 0.575. The first-order valence-electron chi connectivity index (χ1n) is 4.80. The Morgan fingerprint density at radius 3 is 2.80 bits per heavy atom. The van der Waals surface area contributed by atoms with E-state index in [0.717, 1.165) is 27.5 Å². The van der Waals surface area contributed by atoms with Gasteiger partial charge in [0, 0.05) is 17.5 Å². The molecule has 0 amide bonds. The largest absolute Gasteiger partial charge is 0.260 e. The van der Waals surface area contributed by atoms with Gasteiger partial charge in [-0.15, -0.1) is 0 Å². The highest BCUT2D eigenvalue weighted by Gasteiger charge is 2.21. The van der Waals surface area contributed by atoms with Crippen LogP contribution in [0.1, 0.15) is 11.3 Å². The Balaban J connectivity index is 2.24. The number of hydrogen-bond donors (Lipinski definition) is 0. The maximum atomic E-state index is 12.2. The Morgan fingerprint density at radius 1 is 1.07 bits per heavy atom. The van der Waals surface area contributed by atoms with Crippen LogP contribution in [0.2, 0.25) is 0 Å². The first-order valence-corrected chi connectivity index (χ1v) is 5.95. The number of nitrogens with zero attached hydrogens (tertiary/aromatic N) is 1. The van der Waals surface area contributed by atoms with Crippen molar-refractivity contribution in [3.05, 3.63) is 53.9 Å². The molecule has 15 heavy (non-hydrogen) atoms. The highest BCUT2D eigenvalue weighted by Crippen LogP contribution is 2.29. The molecule has 3 rings (SSSR count). The summed E-state index contributed by atoms with van der Waals surface area (Å²) in [6.07, 6.45) is 2.54. The SMILES string of the molecule is O=S1c2ccccc2Cc2ncccc21. The van der Waals surface area contributed by atoms with E-state index < -0.39 is 10.8 Å². The summed E-state index contributed by atoms with van der Waals surface area (Å²) in [6, 6.07) is 11.6. The van der Waals surface area contributed by atoms with E-state index in [0.29, 0.717) is 0 Å². The van der Waals surface area contributed by atoms with E-state index in [-0.39, 0.29) is 0 Å². The fourth-order valence-corrected chi connectivity index (χ4v) is 3.21. The van der Waals surface area contributed by atoms with Gasteiger partial charge in [0.15, 0.2) is 0 Å². The molecule has 1 aromatic carbocycles. The summed E-state index contributed by atoms with van der Waals surface area (Å²) in [5.41, 5.74) is 2.07. The van der Waals surface area contributed by atoms with Crippen molar-refractivity contribution in [3.8, 4) is 0 Å². The Hall–Kier alpha value is -1.48. The molecule has 1 atom stereocenters. The highest BCUT2D eigenvalue weighted by molar-refractivity contribution is 7.85. The Kier molecular flexibility index (Phi) is 1.92. The third kappa shape index (κ3) is 1.31. The van der Waals surface area contributed by atoms with Crippen LogP contribution in [0.5, 0.6) is 0 Å². The molecule has 0 aliphatic carbocycles. The smallest absolute Gasteiger partial charge is 0.0871 e. The molecular weight excluding hydrogens is 206 g/mol. The van der Waals surface area contributed by atoms with Crippen molar-refractivity contribution in [2.75, 3.05) is 0 Å². The van der Waals surface area contributed by atoms with Gasteiger partial charge in [-0.1, -0.05) is 18.2 Å². The van der Waals surface area contributed by atoms with Crippen molar-refractivity contribution >= 4 is 10.8 Å². The number of hydrogen-bond acceptors (Lipinski definition) is 2. The molecule has 1 aliphatic rings. The van der Waals surface area contributed by atoms with Crippen LogP contribution in [0.4, 0.5) is 0 Å².